The van der Waals surface area contributed by atoms with Gasteiger partial charge in [0.15, 0.2) is 0 Å². The second kappa shape index (κ2) is 12.3. The molecule has 2 heterocycles. The van der Waals surface area contributed by atoms with E-state index >= 15 is 0 Å². The van der Waals surface area contributed by atoms with Crippen molar-refractivity contribution in [2.75, 3.05) is 9.80 Å². The maximum atomic E-state index is 2.58. The first-order chi connectivity index (χ1) is 25.0. The lowest BCUT2D eigenvalue weighted by atomic mass is 9.33. The number of benzene rings is 6. The number of hydrogen-bond acceptors (Lipinski definition) is 2. The monoisotopic (exact) mass is 692 g/mol. The minimum absolute atomic E-state index is 0.000900. The highest BCUT2D eigenvalue weighted by Crippen LogP contribution is 2.48. The van der Waals surface area contributed by atoms with Gasteiger partial charge in [-0.1, -0.05) is 146 Å². The Hall–Kier alpha value is -5.02. The van der Waals surface area contributed by atoms with Gasteiger partial charge in [0.25, 0.3) is 6.71 Å². The molecule has 2 aliphatic heterocycles. The largest absolute Gasteiger partial charge is 0.311 e. The highest BCUT2D eigenvalue weighted by molar-refractivity contribution is 7.00. The van der Waals surface area contributed by atoms with E-state index in [1.807, 2.05) is 0 Å². The van der Waals surface area contributed by atoms with Crippen molar-refractivity contribution < 1.29 is 0 Å². The summed E-state index contributed by atoms with van der Waals surface area (Å²) in [5.74, 6) is 0. The Bertz CT molecular complexity index is 2360. The zero-order chi connectivity index (χ0) is 37.6. The molecule has 2 aliphatic rings. The summed E-state index contributed by atoms with van der Waals surface area (Å²) < 4.78 is 0. The van der Waals surface area contributed by atoms with Crippen LogP contribution in [0.2, 0.25) is 0 Å². The van der Waals surface area contributed by atoms with Crippen LogP contribution in [0.3, 0.4) is 0 Å². The Morgan fingerprint density at radius 1 is 0.415 bits per heavy atom. The summed E-state index contributed by atoms with van der Waals surface area (Å²) in [6, 6.07) is 46.6. The minimum Gasteiger partial charge on any atom is -0.311 e. The molecule has 0 unspecified atom stereocenters. The number of anilines is 6. The summed E-state index contributed by atoms with van der Waals surface area (Å²) in [6.45, 7) is 25.4. The van der Waals surface area contributed by atoms with Gasteiger partial charge in [0.1, 0.15) is 0 Å². The molecule has 2 nitrogen and oxygen atoms in total. The summed E-state index contributed by atoms with van der Waals surface area (Å²) in [7, 11) is 0. The second-order valence-corrected chi connectivity index (χ2v) is 18.6. The zero-order valence-electron chi connectivity index (χ0n) is 33.5. The minimum atomic E-state index is -0.000900. The Morgan fingerprint density at radius 3 is 1.42 bits per heavy atom. The smallest absolute Gasteiger partial charge is 0.252 e. The van der Waals surface area contributed by atoms with Gasteiger partial charge in [0.2, 0.25) is 0 Å². The van der Waals surface area contributed by atoms with Gasteiger partial charge in [0, 0.05) is 34.0 Å². The first kappa shape index (κ1) is 35.0. The van der Waals surface area contributed by atoms with Crippen LogP contribution in [-0.4, -0.2) is 6.71 Å². The molecule has 0 N–H and O–H groups in total. The van der Waals surface area contributed by atoms with Gasteiger partial charge in [-0.3, -0.25) is 0 Å². The van der Waals surface area contributed by atoms with E-state index in [0.29, 0.717) is 0 Å². The molecule has 0 aromatic heterocycles. The Labute approximate surface area is 318 Å². The molecular weight excluding hydrogens is 639 g/mol. The van der Waals surface area contributed by atoms with Crippen LogP contribution in [-0.2, 0) is 16.2 Å². The van der Waals surface area contributed by atoms with Gasteiger partial charge in [-0.25, -0.2) is 0 Å². The highest BCUT2D eigenvalue weighted by atomic mass is 15.2. The lowest BCUT2D eigenvalue weighted by Gasteiger charge is -2.45. The van der Waals surface area contributed by atoms with E-state index < -0.39 is 0 Å². The number of fused-ring (bicyclic) bond motifs is 4. The summed E-state index contributed by atoms with van der Waals surface area (Å²) in [6.07, 6.45) is 0. The summed E-state index contributed by atoms with van der Waals surface area (Å²) in [5.41, 5.74) is 20.6. The molecule has 0 amide bonds. The lowest BCUT2D eigenvalue weighted by Crippen LogP contribution is -2.61. The number of rotatable bonds is 3. The number of aryl methyl sites for hydroxylation is 2. The fourth-order valence-corrected chi connectivity index (χ4v) is 8.55. The SMILES string of the molecule is Cc1cc(C)cc(-c2cc(C(C)(C)C)ccc2N2c3ccc(C(C)(C)C)cc3B3c4cc(C(C)(C)C)ccc4N(c4ccccc4)c4cccc2c43)c1. The van der Waals surface area contributed by atoms with E-state index in [4.69, 9.17) is 0 Å². The second-order valence-electron chi connectivity index (χ2n) is 18.6. The normalized spacial score (nSPS) is 13.8. The van der Waals surface area contributed by atoms with Crippen LogP contribution in [0.5, 0.6) is 0 Å². The number of para-hydroxylation sites is 1. The molecule has 266 valence electrons. The van der Waals surface area contributed by atoms with Crippen molar-refractivity contribution in [2.24, 2.45) is 0 Å². The first-order valence-corrected chi connectivity index (χ1v) is 19.3. The van der Waals surface area contributed by atoms with Crippen molar-refractivity contribution in [1.29, 1.82) is 0 Å². The molecule has 0 atom stereocenters. The molecule has 3 heteroatoms. The molecule has 6 aromatic carbocycles. The molecule has 6 aromatic rings. The summed E-state index contributed by atoms with van der Waals surface area (Å²) >= 11 is 0. The topological polar surface area (TPSA) is 6.48 Å². The quantitative estimate of drug-likeness (QED) is 0.170. The van der Waals surface area contributed by atoms with E-state index in [-0.39, 0.29) is 23.0 Å². The molecule has 0 saturated heterocycles. The average Bonchev–Trinajstić information content (AvgIpc) is 3.09. The highest BCUT2D eigenvalue weighted by Gasteiger charge is 2.44. The van der Waals surface area contributed by atoms with Gasteiger partial charge in [-0.2, -0.15) is 0 Å². The van der Waals surface area contributed by atoms with Crippen molar-refractivity contribution in [1.82, 2.24) is 0 Å². The van der Waals surface area contributed by atoms with Gasteiger partial charge >= 0.3 is 0 Å². The molecule has 0 fully saturated rings. The number of nitrogens with zero attached hydrogens (tertiary/aromatic N) is 2. The van der Waals surface area contributed by atoms with Crippen molar-refractivity contribution in [2.45, 2.75) is 92.4 Å². The van der Waals surface area contributed by atoms with E-state index in [0.717, 1.165) is 0 Å². The van der Waals surface area contributed by atoms with Gasteiger partial charge in [0.05, 0.1) is 5.69 Å². The van der Waals surface area contributed by atoms with Crippen LogP contribution >= 0.6 is 0 Å². The Kier molecular flexibility index (Phi) is 8.11. The van der Waals surface area contributed by atoms with Crippen LogP contribution in [0, 0.1) is 13.8 Å². The maximum Gasteiger partial charge on any atom is 0.252 e. The zero-order valence-corrected chi connectivity index (χ0v) is 33.5. The number of hydrogen-bond donors (Lipinski definition) is 0. The van der Waals surface area contributed by atoms with Gasteiger partial charge in [-0.15, -0.1) is 0 Å². The molecule has 8 rings (SSSR count). The van der Waals surface area contributed by atoms with Crippen LogP contribution in [0.25, 0.3) is 11.1 Å². The lowest BCUT2D eigenvalue weighted by molar-refractivity contribution is 0.590. The van der Waals surface area contributed by atoms with Crippen molar-refractivity contribution >= 4 is 57.2 Å². The fourth-order valence-electron chi connectivity index (χ4n) is 8.55. The van der Waals surface area contributed by atoms with E-state index in [1.165, 1.54) is 89.5 Å². The van der Waals surface area contributed by atoms with Crippen molar-refractivity contribution in [3.05, 3.63) is 149 Å². The molecule has 0 aliphatic carbocycles. The Morgan fingerprint density at radius 2 is 0.887 bits per heavy atom. The van der Waals surface area contributed by atoms with Gasteiger partial charge in [-0.05, 0) is 117 Å². The predicted octanol–water partition coefficient (Wildman–Crippen LogP) is 11.9. The summed E-state index contributed by atoms with van der Waals surface area (Å²) in [4.78, 5) is 5.08. The van der Waals surface area contributed by atoms with Crippen molar-refractivity contribution in [3.8, 4) is 11.1 Å². The molecule has 53 heavy (non-hydrogen) atoms. The van der Waals surface area contributed by atoms with E-state index in [1.54, 1.807) is 0 Å². The van der Waals surface area contributed by atoms with Crippen molar-refractivity contribution in [3.63, 3.8) is 0 Å². The molecule has 0 spiro atoms. The maximum absolute atomic E-state index is 2.58. The third kappa shape index (κ3) is 5.99. The van der Waals surface area contributed by atoms with Crippen LogP contribution < -0.4 is 26.2 Å². The van der Waals surface area contributed by atoms with E-state index in [9.17, 15) is 0 Å². The first-order valence-electron chi connectivity index (χ1n) is 19.3. The Balaban J connectivity index is 1.49. The standard InChI is InChI=1S/C50H53BN2/c1-32-26-33(2)28-34(27-32)39-29-35(48(3,4)5)20-23-42(39)53-44-25-22-37(50(9,10)11)31-41(44)51-40-30-36(49(6,7)8)21-24-43(40)52(38-16-13-12-14-17-38)45-18-15-19-46(53)47(45)51/h12-31H,1-11H3. The predicted molar refractivity (Wildman–Crippen MR) is 231 cm³/mol. The third-order valence-electron chi connectivity index (χ3n) is 11.4. The molecule has 0 bridgehead atoms. The molecular formula is C50H53BN2. The van der Waals surface area contributed by atoms with Crippen LogP contribution in [0.15, 0.2) is 121 Å². The van der Waals surface area contributed by atoms with Crippen LogP contribution in [0.4, 0.5) is 34.1 Å². The van der Waals surface area contributed by atoms with E-state index in [2.05, 4.69) is 207 Å². The average molecular weight is 693 g/mol. The summed E-state index contributed by atoms with van der Waals surface area (Å²) in [5, 5.41) is 0. The third-order valence-corrected chi connectivity index (χ3v) is 11.4. The van der Waals surface area contributed by atoms with Crippen LogP contribution in [0.1, 0.15) is 90.1 Å². The molecule has 0 radical (unpaired) electrons. The van der Waals surface area contributed by atoms with Gasteiger partial charge < -0.3 is 9.80 Å². The fraction of sp³-hybridized carbons (Fsp3) is 0.280. The molecule has 0 saturated carbocycles.